The molecule has 2 aliphatic rings. The van der Waals surface area contributed by atoms with Gasteiger partial charge in [-0.05, 0) is 24.0 Å². The second kappa shape index (κ2) is 3.91. The number of nitrogens with one attached hydrogen (secondary N) is 1. The van der Waals surface area contributed by atoms with Gasteiger partial charge in [-0.25, -0.2) is 0 Å². The Labute approximate surface area is 95.4 Å². The van der Waals surface area contributed by atoms with Crippen molar-refractivity contribution in [2.45, 2.75) is 0 Å². The van der Waals surface area contributed by atoms with Gasteiger partial charge >= 0.3 is 0 Å². The summed E-state index contributed by atoms with van der Waals surface area (Å²) in [5, 5.41) is 3.39. The Hall–Kier alpha value is -1.35. The van der Waals surface area contributed by atoms with Crippen LogP contribution in [0.15, 0.2) is 30.3 Å². The van der Waals surface area contributed by atoms with Gasteiger partial charge in [0.2, 0.25) is 0 Å². The fourth-order valence-corrected chi connectivity index (χ4v) is 2.78. The molecule has 2 aliphatic heterocycles. The molecule has 1 amide bonds. The highest BCUT2D eigenvalue weighted by Gasteiger charge is 2.38. The van der Waals surface area contributed by atoms with E-state index in [2.05, 4.69) is 5.32 Å². The van der Waals surface area contributed by atoms with Crippen LogP contribution in [0.3, 0.4) is 0 Å². The maximum Gasteiger partial charge on any atom is 0.253 e. The topological polar surface area (TPSA) is 32.3 Å². The number of hydrogen-bond donors (Lipinski definition) is 1. The van der Waals surface area contributed by atoms with Gasteiger partial charge < -0.3 is 10.2 Å². The molecule has 0 bridgehead atoms. The molecule has 84 valence electrons. The standard InChI is InChI=1S/C13H16N2O/c16-13(10-4-2-1-3-5-10)15-8-11-6-14-7-12(11)9-15/h1-5,11-12,14H,6-9H2/t11-,12-/m1/s1. The fraction of sp³-hybridized carbons (Fsp3) is 0.462. The molecule has 0 spiro atoms. The van der Waals surface area contributed by atoms with Gasteiger partial charge in [-0.1, -0.05) is 18.2 Å². The van der Waals surface area contributed by atoms with Gasteiger partial charge in [-0.3, -0.25) is 4.79 Å². The first-order chi connectivity index (χ1) is 7.84. The van der Waals surface area contributed by atoms with E-state index in [0.29, 0.717) is 11.8 Å². The number of benzene rings is 1. The summed E-state index contributed by atoms with van der Waals surface area (Å²) in [6, 6.07) is 9.58. The summed E-state index contributed by atoms with van der Waals surface area (Å²) in [5.74, 6) is 1.54. The van der Waals surface area contributed by atoms with Crippen LogP contribution in [0.4, 0.5) is 0 Å². The van der Waals surface area contributed by atoms with Crippen molar-refractivity contribution in [3.8, 4) is 0 Å². The third-order valence-electron chi connectivity index (χ3n) is 3.70. The third kappa shape index (κ3) is 1.61. The summed E-state index contributed by atoms with van der Waals surface area (Å²) < 4.78 is 0. The van der Waals surface area contributed by atoms with Crippen molar-refractivity contribution < 1.29 is 4.79 Å². The van der Waals surface area contributed by atoms with Crippen LogP contribution in [0.2, 0.25) is 0 Å². The monoisotopic (exact) mass is 216 g/mol. The highest BCUT2D eigenvalue weighted by Crippen LogP contribution is 2.27. The summed E-state index contributed by atoms with van der Waals surface area (Å²) in [6.07, 6.45) is 0. The van der Waals surface area contributed by atoms with Crippen molar-refractivity contribution in [3.05, 3.63) is 35.9 Å². The van der Waals surface area contributed by atoms with Crippen LogP contribution in [0.25, 0.3) is 0 Å². The molecule has 3 heteroatoms. The lowest BCUT2D eigenvalue weighted by atomic mass is 10.0. The van der Waals surface area contributed by atoms with E-state index >= 15 is 0 Å². The van der Waals surface area contributed by atoms with E-state index in [1.165, 1.54) is 0 Å². The minimum atomic E-state index is 0.190. The number of rotatable bonds is 1. The molecule has 1 N–H and O–H groups in total. The number of fused-ring (bicyclic) bond motifs is 1. The Kier molecular flexibility index (Phi) is 2.40. The predicted octanol–water partition coefficient (Wildman–Crippen LogP) is 0.978. The average molecular weight is 216 g/mol. The van der Waals surface area contributed by atoms with Gasteiger partial charge in [0.05, 0.1) is 0 Å². The summed E-state index contributed by atoms with van der Waals surface area (Å²) >= 11 is 0. The molecule has 3 nitrogen and oxygen atoms in total. The first-order valence-corrected chi connectivity index (χ1v) is 5.89. The van der Waals surface area contributed by atoms with Gasteiger partial charge in [0.15, 0.2) is 0 Å². The van der Waals surface area contributed by atoms with E-state index in [0.717, 1.165) is 31.7 Å². The number of carbonyl (C=O) groups excluding carboxylic acids is 1. The molecule has 1 aromatic carbocycles. The summed E-state index contributed by atoms with van der Waals surface area (Å²) in [7, 11) is 0. The van der Waals surface area contributed by atoms with Crippen LogP contribution >= 0.6 is 0 Å². The molecule has 0 aliphatic carbocycles. The molecule has 1 aromatic rings. The zero-order valence-corrected chi connectivity index (χ0v) is 9.23. The van der Waals surface area contributed by atoms with E-state index in [9.17, 15) is 4.79 Å². The lowest BCUT2D eigenvalue weighted by Crippen LogP contribution is -2.31. The molecular weight excluding hydrogens is 200 g/mol. The van der Waals surface area contributed by atoms with Crippen LogP contribution in [-0.4, -0.2) is 37.0 Å². The maximum atomic E-state index is 12.2. The molecule has 2 fully saturated rings. The van der Waals surface area contributed by atoms with Gasteiger partial charge in [0.25, 0.3) is 5.91 Å². The Bertz CT molecular complexity index is 378. The van der Waals surface area contributed by atoms with E-state index < -0.39 is 0 Å². The highest BCUT2D eigenvalue weighted by atomic mass is 16.2. The molecule has 16 heavy (non-hydrogen) atoms. The molecule has 0 aromatic heterocycles. The van der Waals surface area contributed by atoms with Gasteiger partial charge in [0, 0.05) is 31.7 Å². The van der Waals surface area contributed by atoms with Crippen molar-refractivity contribution in [3.63, 3.8) is 0 Å². The molecule has 3 rings (SSSR count). The number of hydrogen-bond acceptors (Lipinski definition) is 2. The Morgan fingerprint density at radius 1 is 1.12 bits per heavy atom. The second-order valence-corrected chi connectivity index (χ2v) is 4.75. The van der Waals surface area contributed by atoms with E-state index in [1.54, 1.807) is 0 Å². The molecule has 2 atom stereocenters. The minimum absolute atomic E-state index is 0.190. The van der Waals surface area contributed by atoms with Crippen LogP contribution in [-0.2, 0) is 0 Å². The van der Waals surface area contributed by atoms with Crippen molar-refractivity contribution in [1.29, 1.82) is 0 Å². The third-order valence-corrected chi connectivity index (χ3v) is 3.70. The second-order valence-electron chi connectivity index (χ2n) is 4.75. The zero-order chi connectivity index (χ0) is 11.0. The number of likely N-dealkylation sites (tertiary alicyclic amines) is 1. The largest absolute Gasteiger partial charge is 0.338 e. The lowest BCUT2D eigenvalue weighted by Gasteiger charge is -2.17. The van der Waals surface area contributed by atoms with Crippen molar-refractivity contribution in [2.24, 2.45) is 11.8 Å². The van der Waals surface area contributed by atoms with Gasteiger partial charge in [-0.15, -0.1) is 0 Å². The number of nitrogens with zero attached hydrogens (tertiary/aromatic N) is 1. The Morgan fingerprint density at radius 2 is 1.75 bits per heavy atom. The Balaban J connectivity index is 1.73. The highest BCUT2D eigenvalue weighted by molar-refractivity contribution is 5.94. The number of carbonyl (C=O) groups is 1. The van der Waals surface area contributed by atoms with Crippen LogP contribution < -0.4 is 5.32 Å². The fourth-order valence-electron chi connectivity index (χ4n) is 2.78. The molecule has 0 saturated carbocycles. The quantitative estimate of drug-likeness (QED) is 0.759. The first kappa shape index (κ1) is 9.85. The summed E-state index contributed by atoms with van der Waals surface area (Å²) in [4.78, 5) is 14.2. The Morgan fingerprint density at radius 3 is 2.38 bits per heavy atom. The lowest BCUT2D eigenvalue weighted by molar-refractivity contribution is 0.0781. The molecule has 0 radical (unpaired) electrons. The smallest absolute Gasteiger partial charge is 0.253 e. The zero-order valence-electron chi connectivity index (χ0n) is 9.23. The van der Waals surface area contributed by atoms with Crippen molar-refractivity contribution >= 4 is 5.91 Å². The molecule has 2 saturated heterocycles. The van der Waals surface area contributed by atoms with Crippen LogP contribution in [0.5, 0.6) is 0 Å². The van der Waals surface area contributed by atoms with E-state index in [4.69, 9.17) is 0 Å². The van der Waals surface area contributed by atoms with Crippen LogP contribution in [0, 0.1) is 11.8 Å². The maximum absolute atomic E-state index is 12.2. The molecule has 2 heterocycles. The van der Waals surface area contributed by atoms with Gasteiger partial charge in [-0.2, -0.15) is 0 Å². The number of amides is 1. The predicted molar refractivity (Wildman–Crippen MR) is 62.2 cm³/mol. The molecular formula is C13H16N2O. The normalized spacial score (nSPS) is 28.1. The first-order valence-electron chi connectivity index (χ1n) is 5.89. The summed E-state index contributed by atoms with van der Waals surface area (Å²) in [5.41, 5.74) is 0.815. The van der Waals surface area contributed by atoms with Gasteiger partial charge in [0.1, 0.15) is 0 Å². The molecule has 0 unspecified atom stereocenters. The average Bonchev–Trinajstić information content (AvgIpc) is 2.89. The van der Waals surface area contributed by atoms with E-state index in [-0.39, 0.29) is 5.91 Å². The van der Waals surface area contributed by atoms with E-state index in [1.807, 2.05) is 35.2 Å². The van der Waals surface area contributed by atoms with Crippen LogP contribution in [0.1, 0.15) is 10.4 Å². The van der Waals surface area contributed by atoms with Crippen molar-refractivity contribution in [1.82, 2.24) is 10.2 Å². The SMILES string of the molecule is O=C(c1ccccc1)N1C[C@H]2CNC[C@@H]2C1. The minimum Gasteiger partial charge on any atom is -0.338 e. The van der Waals surface area contributed by atoms with Crippen molar-refractivity contribution in [2.75, 3.05) is 26.2 Å². The summed E-state index contributed by atoms with van der Waals surface area (Å²) in [6.45, 7) is 3.99.